The van der Waals surface area contributed by atoms with Crippen LogP contribution in [-0.2, 0) is 14.4 Å². The Labute approximate surface area is 134 Å². The van der Waals surface area contributed by atoms with E-state index in [9.17, 15) is 14.4 Å². The molecule has 0 radical (unpaired) electrons. The van der Waals surface area contributed by atoms with Crippen LogP contribution in [0, 0.1) is 6.92 Å². The maximum atomic E-state index is 11.7. The lowest BCUT2D eigenvalue weighted by atomic mass is 10.2. The number of benzene rings is 1. The second kappa shape index (κ2) is 8.04. The normalized spacial score (nSPS) is 11.7. The predicted octanol–water partition coefficient (Wildman–Crippen LogP) is 1.29. The minimum Gasteiger partial charge on any atom is -0.480 e. The first-order valence-corrected chi connectivity index (χ1v) is 7.77. The maximum absolute atomic E-state index is 11.7. The monoisotopic (exact) mass is 374 g/mol. The number of carboxylic acids is 1. The van der Waals surface area contributed by atoms with Crippen LogP contribution in [-0.4, -0.2) is 34.7 Å². The molecule has 0 spiro atoms. The van der Waals surface area contributed by atoms with Crippen LogP contribution < -0.4 is 11.1 Å². The van der Waals surface area contributed by atoms with Crippen LogP contribution in [0.1, 0.15) is 12.0 Å². The molecule has 1 unspecified atom stereocenters. The third-order valence-electron chi connectivity index (χ3n) is 2.53. The van der Waals surface area contributed by atoms with Crippen LogP contribution in [0.15, 0.2) is 27.6 Å². The second-order valence-electron chi connectivity index (χ2n) is 4.33. The van der Waals surface area contributed by atoms with Gasteiger partial charge in [-0.05, 0) is 30.7 Å². The summed E-state index contributed by atoms with van der Waals surface area (Å²) < 4.78 is 0.946. The van der Waals surface area contributed by atoms with Gasteiger partial charge in [0.25, 0.3) is 0 Å². The van der Waals surface area contributed by atoms with Crippen LogP contribution in [0.2, 0.25) is 0 Å². The highest BCUT2D eigenvalue weighted by molar-refractivity contribution is 9.10. The molecule has 1 atom stereocenters. The topological polar surface area (TPSA) is 109 Å². The van der Waals surface area contributed by atoms with Gasteiger partial charge in [-0.3, -0.25) is 9.59 Å². The fourth-order valence-corrected chi connectivity index (χ4v) is 2.85. The highest BCUT2D eigenvalue weighted by atomic mass is 79.9. The lowest BCUT2D eigenvalue weighted by Crippen LogP contribution is -2.44. The zero-order chi connectivity index (χ0) is 16.0. The van der Waals surface area contributed by atoms with Gasteiger partial charge in [-0.15, -0.1) is 11.8 Å². The molecule has 1 aromatic carbocycles. The molecule has 6 nitrogen and oxygen atoms in total. The lowest BCUT2D eigenvalue weighted by molar-refractivity contribution is -0.143. The summed E-state index contributed by atoms with van der Waals surface area (Å²) in [6.07, 6.45) is -0.428. The molecule has 21 heavy (non-hydrogen) atoms. The molecule has 0 saturated carbocycles. The van der Waals surface area contributed by atoms with Gasteiger partial charge in [0.2, 0.25) is 11.8 Å². The number of carbonyl (C=O) groups excluding carboxylic acids is 2. The number of carbonyl (C=O) groups is 3. The number of aliphatic carboxylic acids is 1. The summed E-state index contributed by atoms with van der Waals surface area (Å²) in [6, 6.07) is 4.37. The molecular formula is C13H15BrN2O4S. The van der Waals surface area contributed by atoms with Crippen LogP contribution in [0.5, 0.6) is 0 Å². The van der Waals surface area contributed by atoms with Crippen molar-refractivity contribution < 1.29 is 19.5 Å². The number of primary amides is 1. The summed E-state index contributed by atoms with van der Waals surface area (Å²) in [5.74, 6) is -2.47. The van der Waals surface area contributed by atoms with E-state index < -0.39 is 30.2 Å². The van der Waals surface area contributed by atoms with Crippen molar-refractivity contribution in [1.82, 2.24) is 5.32 Å². The third-order valence-corrected chi connectivity index (χ3v) is 4.20. The van der Waals surface area contributed by atoms with E-state index in [1.807, 2.05) is 25.1 Å². The molecule has 0 aromatic heterocycles. The molecule has 0 saturated heterocycles. The number of thioether (sulfide) groups is 1. The van der Waals surface area contributed by atoms with Gasteiger partial charge in [0.05, 0.1) is 12.2 Å². The standard InChI is InChI=1S/C13H15BrN2O4S/c1-7-4-8(14)2-3-10(7)21-6-12(18)16-9(13(19)20)5-11(15)17/h2-4,9H,5-6H2,1H3,(H2,15,17)(H,16,18)(H,19,20). The van der Waals surface area contributed by atoms with Crippen LogP contribution >= 0.6 is 27.7 Å². The average Bonchev–Trinajstić information content (AvgIpc) is 2.36. The van der Waals surface area contributed by atoms with Gasteiger partial charge in [-0.25, -0.2) is 4.79 Å². The number of amides is 2. The van der Waals surface area contributed by atoms with E-state index in [0.29, 0.717) is 0 Å². The van der Waals surface area contributed by atoms with Gasteiger partial charge in [-0.1, -0.05) is 15.9 Å². The lowest BCUT2D eigenvalue weighted by Gasteiger charge is -2.13. The third kappa shape index (κ3) is 6.17. The molecule has 1 aromatic rings. The first kappa shape index (κ1) is 17.5. The molecular weight excluding hydrogens is 360 g/mol. The number of aryl methyl sites for hydroxylation is 1. The summed E-state index contributed by atoms with van der Waals surface area (Å²) in [4.78, 5) is 34.3. The van der Waals surface area contributed by atoms with Crippen molar-refractivity contribution in [2.45, 2.75) is 24.3 Å². The molecule has 2 amide bonds. The Morgan fingerprint density at radius 2 is 2.10 bits per heavy atom. The van der Waals surface area contributed by atoms with Gasteiger partial charge in [-0.2, -0.15) is 0 Å². The van der Waals surface area contributed by atoms with Crippen molar-refractivity contribution in [1.29, 1.82) is 0 Å². The Balaban J connectivity index is 2.56. The minimum absolute atomic E-state index is 0.0605. The van der Waals surface area contributed by atoms with Crippen molar-refractivity contribution in [3.8, 4) is 0 Å². The molecule has 8 heteroatoms. The summed E-state index contributed by atoms with van der Waals surface area (Å²) in [5, 5.41) is 11.2. The molecule has 0 fully saturated rings. The van der Waals surface area contributed by atoms with E-state index in [2.05, 4.69) is 21.2 Å². The average molecular weight is 375 g/mol. The Hall–Kier alpha value is -1.54. The quantitative estimate of drug-likeness (QED) is 0.623. The molecule has 114 valence electrons. The predicted molar refractivity (Wildman–Crippen MR) is 83.0 cm³/mol. The summed E-state index contributed by atoms with van der Waals surface area (Å²) >= 11 is 4.64. The van der Waals surface area contributed by atoms with Gasteiger partial charge < -0.3 is 16.2 Å². The summed E-state index contributed by atoms with van der Waals surface area (Å²) in [5.41, 5.74) is 5.95. The molecule has 0 heterocycles. The SMILES string of the molecule is Cc1cc(Br)ccc1SCC(=O)NC(CC(N)=O)C(=O)O. The van der Waals surface area contributed by atoms with Crippen molar-refractivity contribution in [3.63, 3.8) is 0 Å². The molecule has 4 N–H and O–H groups in total. The number of hydrogen-bond acceptors (Lipinski definition) is 4. The Morgan fingerprint density at radius 3 is 2.62 bits per heavy atom. The smallest absolute Gasteiger partial charge is 0.326 e. The van der Waals surface area contributed by atoms with Gasteiger partial charge in [0, 0.05) is 9.37 Å². The van der Waals surface area contributed by atoms with Crippen LogP contribution in [0.3, 0.4) is 0 Å². The number of rotatable bonds is 7. The molecule has 0 aliphatic rings. The number of nitrogens with one attached hydrogen (secondary N) is 1. The molecule has 0 aliphatic carbocycles. The van der Waals surface area contributed by atoms with Crippen molar-refractivity contribution >= 4 is 45.5 Å². The van der Waals surface area contributed by atoms with E-state index in [1.54, 1.807) is 0 Å². The first-order chi connectivity index (χ1) is 9.79. The zero-order valence-corrected chi connectivity index (χ0v) is 13.7. The maximum Gasteiger partial charge on any atom is 0.326 e. The highest BCUT2D eigenvalue weighted by Gasteiger charge is 2.22. The van der Waals surface area contributed by atoms with E-state index >= 15 is 0 Å². The van der Waals surface area contributed by atoms with E-state index in [-0.39, 0.29) is 5.75 Å². The van der Waals surface area contributed by atoms with Crippen molar-refractivity contribution in [3.05, 3.63) is 28.2 Å². The first-order valence-electron chi connectivity index (χ1n) is 5.99. The van der Waals surface area contributed by atoms with E-state index in [0.717, 1.165) is 14.9 Å². The van der Waals surface area contributed by atoms with Crippen LogP contribution in [0.4, 0.5) is 0 Å². The zero-order valence-electron chi connectivity index (χ0n) is 11.3. The summed E-state index contributed by atoms with van der Waals surface area (Å²) in [6.45, 7) is 1.91. The minimum atomic E-state index is -1.29. The van der Waals surface area contributed by atoms with Crippen molar-refractivity contribution in [2.24, 2.45) is 5.73 Å². The van der Waals surface area contributed by atoms with Crippen LogP contribution in [0.25, 0.3) is 0 Å². The van der Waals surface area contributed by atoms with Gasteiger partial charge in [0.1, 0.15) is 6.04 Å². The van der Waals surface area contributed by atoms with E-state index in [4.69, 9.17) is 10.8 Å². The van der Waals surface area contributed by atoms with Gasteiger partial charge in [0.15, 0.2) is 0 Å². The molecule has 1 rings (SSSR count). The molecule has 0 aliphatic heterocycles. The second-order valence-corrected chi connectivity index (χ2v) is 6.26. The largest absolute Gasteiger partial charge is 0.480 e. The number of carboxylic acid groups (broad SMARTS) is 1. The summed E-state index contributed by atoms with van der Waals surface area (Å²) in [7, 11) is 0. The van der Waals surface area contributed by atoms with Gasteiger partial charge >= 0.3 is 5.97 Å². The van der Waals surface area contributed by atoms with Crippen molar-refractivity contribution in [2.75, 3.05) is 5.75 Å². The number of nitrogens with two attached hydrogens (primary N) is 1. The Bertz CT molecular complexity index is 565. The highest BCUT2D eigenvalue weighted by Crippen LogP contribution is 2.25. The Morgan fingerprint density at radius 1 is 1.43 bits per heavy atom. The van der Waals surface area contributed by atoms with E-state index in [1.165, 1.54) is 11.8 Å². The Kier molecular flexibility index (Phi) is 6.70. The number of hydrogen-bond donors (Lipinski definition) is 3. The fourth-order valence-electron chi connectivity index (χ4n) is 1.56. The fraction of sp³-hybridized carbons (Fsp3) is 0.308. The molecule has 0 bridgehead atoms. The number of halogens is 1.